The molecule has 0 aromatic heterocycles. The predicted octanol–water partition coefficient (Wildman–Crippen LogP) is 2.07. The Balaban J connectivity index is 2.00. The second kappa shape index (κ2) is 6.91. The van der Waals surface area contributed by atoms with E-state index in [1.165, 1.54) is 16.4 Å². The normalized spacial score (nSPS) is 17.9. The lowest BCUT2D eigenvalue weighted by atomic mass is 9.98. The topological polar surface area (TPSA) is 61.4 Å². The lowest BCUT2D eigenvalue weighted by molar-refractivity contribution is 0.272. The van der Waals surface area contributed by atoms with Crippen LogP contribution < -0.4 is 10.0 Å². The molecule has 0 unspecified atom stereocenters. The van der Waals surface area contributed by atoms with Gasteiger partial charge in [0, 0.05) is 13.1 Å². The Kier molecular flexibility index (Phi) is 5.43. The second-order valence-electron chi connectivity index (χ2n) is 5.14. The van der Waals surface area contributed by atoms with E-state index in [1.54, 1.807) is 0 Å². The van der Waals surface area contributed by atoms with Gasteiger partial charge in [0.05, 0.1) is 10.7 Å². The first-order chi connectivity index (χ1) is 9.92. The van der Waals surface area contributed by atoms with Crippen molar-refractivity contribution in [2.24, 2.45) is 5.92 Å². The fourth-order valence-electron chi connectivity index (χ4n) is 2.42. The van der Waals surface area contributed by atoms with E-state index in [0.29, 0.717) is 19.0 Å². The van der Waals surface area contributed by atoms with Gasteiger partial charge in [-0.05, 0) is 50.6 Å². The zero-order chi connectivity index (χ0) is 15.5. The van der Waals surface area contributed by atoms with Crippen molar-refractivity contribution in [2.45, 2.75) is 12.8 Å². The first-order valence-corrected chi connectivity index (χ1v) is 8.61. The molecule has 0 saturated carbocycles. The summed E-state index contributed by atoms with van der Waals surface area (Å²) in [4.78, 5) is 0. The average Bonchev–Trinajstić information content (AvgIpc) is 2.44. The molecule has 1 aromatic carbocycles. The highest BCUT2D eigenvalue weighted by molar-refractivity contribution is 7.90. The molecule has 2 rings (SSSR count). The van der Waals surface area contributed by atoms with Gasteiger partial charge in [-0.1, -0.05) is 11.6 Å². The van der Waals surface area contributed by atoms with Gasteiger partial charge in [0.2, 0.25) is 0 Å². The van der Waals surface area contributed by atoms with Crippen LogP contribution in [0.2, 0.25) is 5.02 Å². The predicted molar refractivity (Wildman–Crippen MR) is 82.2 cm³/mol. The Morgan fingerprint density at radius 1 is 1.38 bits per heavy atom. The molecular weight excluding hydrogens is 317 g/mol. The van der Waals surface area contributed by atoms with E-state index >= 15 is 0 Å². The van der Waals surface area contributed by atoms with Crippen molar-refractivity contribution >= 4 is 27.5 Å². The third kappa shape index (κ3) is 4.29. The van der Waals surface area contributed by atoms with Crippen LogP contribution in [0.4, 0.5) is 10.1 Å². The van der Waals surface area contributed by atoms with Gasteiger partial charge in [-0.3, -0.25) is 4.72 Å². The summed E-state index contributed by atoms with van der Waals surface area (Å²) in [6.45, 7) is 1.83. The molecule has 118 valence electrons. The summed E-state index contributed by atoms with van der Waals surface area (Å²) in [7, 11) is -1.76. The van der Waals surface area contributed by atoms with Gasteiger partial charge in [-0.25, -0.2) is 4.39 Å². The molecule has 0 aliphatic carbocycles. The van der Waals surface area contributed by atoms with E-state index in [9.17, 15) is 12.8 Å². The van der Waals surface area contributed by atoms with Gasteiger partial charge in [-0.2, -0.15) is 12.7 Å². The molecule has 1 aliphatic heterocycles. The molecule has 0 amide bonds. The average molecular weight is 336 g/mol. The van der Waals surface area contributed by atoms with Gasteiger partial charge >= 0.3 is 10.2 Å². The summed E-state index contributed by atoms with van der Waals surface area (Å²) in [5.41, 5.74) is 0.175. The van der Waals surface area contributed by atoms with Crippen molar-refractivity contribution in [3.8, 4) is 0 Å². The fourth-order valence-corrected chi connectivity index (χ4v) is 3.78. The fraction of sp³-hybridized carbons (Fsp3) is 0.538. The molecule has 0 radical (unpaired) electrons. The molecule has 0 bridgehead atoms. The van der Waals surface area contributed by atoms with E-state index in [2.05, 4.69) is 10.0 Å². The molecule has 1 aromatic rings. The molecule has 1 fully saturated rings. The Morgan fingerprint density at radius 3 is 2.62 bits per heavy atom. The van der Waals surface area contributed by atoms with Crippen LogP contribution in [0.1, 0.15) is 12.8 Å². The highest BCUT2D eigenvalue weighted by Gasteiger charge is 2.27. The lowest BCUT2D eigenvalue weighted by Gasteiger charge is -2.31. The summed E-state index contributed by atoms with van der Waals surface area (Å²) in [6.07, 6.45) is 1.63. The van der Waals surface area contributed by atoms with Crippen LogP contribution in [0.5, 0.6) is 0 Å². The molecule has 0 spiro atoms. The molecule has 1 aliphatic rings. The standard InChI is InChI=1S/C13H19ClFN3O2S/c1-16-9-10-4-6-18(7-5-10)21(19,20)17-11-2-3-12(14)13(15)8-11/h2-3,8,10,16-17H,4-7,9H2,1H3. The number of nitrogens with zero attached hydrogens (tertiary/aromatic N) is 1. The van der Waals surface area contributed by atoms with Crippen LogP contribution in [0.25, 0.3) is 0 Å². The van der Waals surface area contributed by atoms with Crippen molar-refractivity contribution in [3.63, 3.8) is 0 Å². The molecule has 1 saturated heterocycles. The first kappa shape index (κ1) is 16.5. The SMILES string of the molecule is CNCC1CCN(S(=O)(=O)Nc2ccc(Cl)c(F)c2)CC1. The van der Waals surface area contributed by atoms with Crippen LogP contribution in [-0.2, 0) is 10.2 Å². The summed E-state index contributed by atoms with van der Waals surface area (Å²) in [6, 6.07) is 3.85. The van der Waals surface area contributed by atoms with E-state index in [-0.39, 0.29) is 10.7 Å². The lowest BCUT2D eigenvalue weighted by Crippen LogP contribution is -2.43. The van der Waals surface area contributed by atoms with E-state index in [1.807, 2.05) is 7.05 Å². The molecule has 21 heavy (non-hydrogen) atoms. The molecule has 8 heteroatoms. The van der Waals surface area contributed by atoms with E-state index in [0.717, 1.165) is 25.5 Å². The second-order valence-corrected chi connectivity index (χ2v) is 7.21. The molecule has 5 nitrogen and oxygen atoms in total. The zero-order valence-corrected chi connectivity index (χ0v) is 13.3. The summed E-state index contributed by atoms with van der Waals surface area (Å²) in [5, 5.41) is 3.07. The van der Waals surface area contributed by atoms with Crippen molar-refractivity contribution < 1.29 is 12.8 Å². The van der Waals surface area contributed by atoms with E-state index < -0.39 is 16.0 Å². The largest absolute Gasteiger partial charge is 0.319 e. The quantitative estimate of drug-likeness (QED) is 0.866. The van der Waals surface area contributed by atoms with Gasteiger partial charge in [-0.15, -0.1) is 0 Å². The van der Waals surface area contributed by atoms with Gasteiger partial charge in [0.15, 0.2) is 0 Å². The maximum atomic E-state index is 13.3. The van der Waals surface area contributed by atoms with Crippen molar-refractivity contribution in [1.82, 2.24) is 9.62 Å². The third-order valence-electron chi connectivity index (χ3n) is 3.57. The maximum absolute atomic E-state index is 13.3. The van der Waals surface area contributed by atoms with Crippen LogP contribution in [0, 0.1) is 11.7 Å². The highest BCUT2D eigenvalue weighted by Crippen LogP contribution is 2.23. The zero-order valence-electron chi connectivity index (χ0n) is 11.8. The number of piperidine rings is 1. The van der Waals surface area contributed by atoms with Crippen LogP contribution in [0.3, 0.4) is 0 Å². The van der Waals surface area contributed by atoms with E-state index in [4.69, 9.17) is 11.6 Å². The minimum Gasteiger partial charge on any atom is -0.319 e. The number of anilines is 1. The summed E-state index contributed by atoms with van der Waals surface area (Å²) in [5.74, 6) is -0.154. The Labute approximate surface area is 129 Å². The van der Waals surface area contributed by atoms with Crippen LogP contribution in [0.15, 0.2) is 18.2 Å². The van der Waals surface area contributed by atoms with Crippen molar-refractivity contribution in [2.75, 3.05) is 31.4 Å². The third-order valence-corrected chi connectivity index (χ3v) is 5.42. The Hall–Kier alpha value is -0.890. The monoisotopic (exact) mass is 335 g/mol. The number of hydrogen-bond donors (Lipinski definition) is 2. The number of benzene rings is 1. The van der Waals surface area contributed by atoms with Gasteiger partial charge < -0.3 is 5.32 Å². The van der Waals surface area contributed by atoms with Crippen LogP contribution >= 0.6 is 11.6 Å². The molecule has 1 heterocycles. The van der Waals surface area contributed by atoms with Crippen LogP contribution in [-0.4, -0.2) is 39.4 Å². The van der Waals surface area contributed by atoms with Crippen molar-refractivity contribution in [3.05, 3.63) is 29.0 Å². The maximum Gasteiger partial charge on any atom is 0.301 e. The van der Waals surface area contributed by atoms with Gasteiger partial charge in [0.1, 0.15) is 5.82 Å². The minimum atomic E-state index is -3.65. The molecular formula is C13H19ClFN3O2S. The highest BCUT2D eigenvalue weighted by atomic mass is 35.5. The Morgan fingerprint density at radius 2 is 2.05 bits per heavy atom. The number of halogens is 2. The minimum absolute atomic E-state index is 0.0363. The van der Waals surface area contributed by atoms with Crippen molar-refractivity contribution in [1.29, 1.82) is 0 Å². The molecule has 0 atom stereocenters. The number of rotatable bonds is 5. The smallest absolute Gasteiger partial charge is 0.301 e. The number of hydrogen-bond acceptors (Lipinski definition) is 3. The number of nitrogens with one attached hydrogen (secondary N) is 2. The van der Waals surface area contributed by atoms with Gasteiger partial charge in [0.25, 0.3) is 0 Å². The molecule has 2 N–H and O–H groups in total. The summed E-state index contributed by atoms with van der Waals surface area (Å²) < 4.78 is 41.6. The Bertz CT molecular complexity index is 589. The first-order valence-electron chi connectivity index (χ1n) is 6.80. The summed E-state index contributed by atoms with van der Waals surface area (Å²) >= 11 is 5.58.